The molecule has 1 aliphatic carbocycles. The molecule has 0 aliphatic heterocycles. The Morgan fingerprint density at radius 2 is 2.16 bits per heavy atom. The molecule has 0 spiro atoms. The summed E-state index contributed by atoms with van der Waals surface area (Å²) in [6.07, 6.45) is 7.23. The monoisotopic (exact) mass is 254 g/mol. The van der Waals surface area contributed by atoms with E-state index in [0.29, 0.717) is 6.04 Å². The number of aromatic nitrogens is 1. The van der Waals surface area contributed by atoms with Crippen LogP contribution in [0.3, 0.4) is 0 Å². The van der Waals surface area contributed by atoms with Crippen LogP contribution < -0.4 is 5.32 Å². The van der Waals surface area contributed by atoms with E-state index < -0.39 is 0 Å². The fourth-order valence-corrected chi connectivity index (χ4v) is 2.87. The molecule has 19 heavy (non-hydrogen) atoms. The van der Waals surface area contributed by atoms with Gasteiger partial charge in [0, 0.05) is 25.0 Å². The van der Waals surface area contributed by atoms with Gasteiger partial charge < -0.3 is 9.88 Å². The maximum atomic E-state index is 3.45. The maximum absolute atomic E-state index is 3.45. The summed E-state index contributed by atoms with van der Waals surface area (Å²) < 4.78 is 2.29. The molecular formula is C17H22N2. The Balaban J connectivity index is 1.74. The zero-order valence-electron chi connectivity index (χ0n) is 11.8. The molecule has 2 nitrogen and oxygen atoms in total. The van der Waals surface area contributed by atoms with Crippen molar-refractivity contribution in [2.45, 2.75) is 32.4 Å². The number of aryl methyl sites for hydroxylation is 1. The van der Waals surface area contributed by atoms with Crippen molar-refractivity contribution < 1.29 is 0 Å². The van der Waals surface area contributed by atoms with E-state index in [1.54, 1.807) is 0 Å². The van der Waals surface area contributed by atoms with Gasteiger partial charge in [-0.1, -0.05) is 29.8 Å². The van der Waals surface area contributed by atoms with Crippen molar-refractivity contribution in [1.29, 1.82) is 0 Å². The van der Waals surface area contributed by atoms with Gasteiger partial charge in [0.1, 0.15) is 0 Å². The molecule has 1 aromatic heterocycles. The molecule has 2 aromatic rings. The van der Waals surface area contributed by atoms with Gasteiger partial charge in [0.05, 0.1) is 0 Å². The minimum Gasteiger partial charge on any atom is -0.350 e. The zero-order valence-corrected chi connectivity index (χ0v) is 11.8. The Kier molecular flexibility index (Phi) is 3.43. The molecule has 2 heteroatoms. The van der Waals surface area contributed by atoms with Crippen LogP contribution in [0.1, 0.15) is 35.6 Å². The quantitative estimate of drug-likeness (QED) is 0.864. The van der Waals surface area contributed by atoms with Gasteiger partial charge in [-0.05, 0) is 49.9 Å². The number of hydrogen-bond acceptors (Lipinski definition) is 1. The van der Waals surface area contributed by atoms with Crippen LogP contribution in [0, 0.1) is 12.8 Å². The van der Waals surface area contributed by atoms with Gasteiger partial charge >= 0.3 is 0 Å². The molecule has 1 fully saturated rings. The molecule has 1 heterocycles. The third kappa shape index (κ3) is 2.90. The second-order valence-corrected chi connectivity index (χ2v) is 5.71. The highest BCUT2D eigenvalue weighted by atomic mass is 15.0. The predicted octanol–water partition coefficient (Wildman–Crippen LogP) is 3.52. The minimum atomic E-state index is 0.541. The summed E-state index contributed by atoms with van der Waals surface area (Å²) in [6, 6.07) is 11.5. The first kappa shape index (κ1) is 12.5. The number of nitrogens with zero attached hydrogens (tertiary/aromatic N) is 1. The first-order valence-electron chi connectivity index (χ1n) is 7.15. The van der Waals surface area contributed by atoms with Crippen LogP contribution in [-0.2, 0) is 6.54 Å². The Morgan fingerprint density at radius 3 is 2.84 bits per heavy atom. The highest BCUT2D eigenvalue weighted by Crippen LogP contribution is 2.40. The van der Waals surface area contributed by atoms with Crippen molar-refractivity contribution in [2.24, 2.45) is 5.92 Å². The van der Waals surface area contributed by atoms with Crippen molar-refractivity contribution in [3.63, 3.8) is 0 Å². The van der Waals surface area contributed by atoms with Crippen molar-refractivity contribution in [3.8, 4) is 0 Å². The molecule has 1 saturated carbocycles. The van der Waals surface area contributed by atoms with E-state index >= 15 is 0 Å². The molecule has 0 radical (unpaired) electrons. The molecule has 1 atom stereocenters. The van der Waals surface area contributed by atoms with Crippen LogP contribution in [0.25, 0.3) is 0 Å². The van der Waals surface area contributed by atoms with Gasteiger partial charge in [0.15, 0.2) is 0 Å². The highest BCUT2D eigenvalue weighted by Gasteiger charge is 2.31. The molecule has 0 saturated heterocycles. The van der Waals surface area contributed by atoms with E-state index in [1.807, 2.05) is 0 Å². The molecule has 100 valence electrons. The summed E-state index contributed by atoms with van der Waals surface area (Å²) >= 11 is 0. The number of rotatable bonds is 5. The summed E-state index contributed by atoms with van der Waals surface area (Å²) in [6.45, 7) is 3.11. The fourth-order valence-electron chi connectivity index (χ4n) is 2.87. The Hall–Kier alpha value is -1.54. The molecule has 1 aliphatic rings. The van der Waals surface area contributed by atoms with Gasteiger partial charge in [0.25, 0.3) is 0 Å². The standard InChI is InChI=1S/C17H22N2/c1-13-4-3-5-14(10-13)11-19-9-8-16(12-19)17(18-2)15-6-7-15/h3-5,8-10,12,15,17-18H,6-7,11H2,1-2H3. The van der Waals surface area contributed by atoms with E-state index in [2.05, 4.69) is 66.6 Å². The Bertz CT molecular complexity index is 552. The lowest BCUT2D eigenvalue weighted by Crippen LogP contribution is -2.17. The molecule has 0 bridgehead atoms. The first-order valence-corrected chi connectivity index (χ1v) is 7.15. The molecular weight excluding hydrogens is 232 g/mol. The van der Waals surface area contributed by atoms with E-state index in [1.165, 1.54) is 29.5 Å². The Morgan fingerprint density at radius 1 is 1.32 bits per heavy atom. The van der Waals surface area contributed by atoms with Crippen LogP contribution in [0.2, 0.25) is 0 Å². The average molecular weight is 254 g/mol. The van der Waals surface area contributed by atoms with Crippen LogP contribution in [-0.4, -0.2) is 11.6 Å². The van der Waals surface area contributed by atoms with Crippen molar-refractivity contribution in [1.82, 2.24) is 9.88 Å². The first-order chi connectivity index (χ1) is 9.26. The van der Waals surface area contributed by atoms with E-state index in [4.69, 9.17) is 0 Å². The topological polar surface area (TPSA) is 17.0 Å². The summed E-state index contributed by atoms with van der Waals surface area (Å²) in [5.41, 5.74) is 4.13. The third-order valence-electron chi connectivity index (χ3n) is 3.98. The van der Waals surface area contributed by atoms with Crippen LogP contribution in [0.15, 0.2) is 42.7 Å². The van der Waals surface area contributed by atoms with Crippen LogP contribution in [0.4, 0.5) is 0 Å². The lowest BCUT2D eigenvalue weighted by Gasteiger charge is -2.13. The van der Waals surface area contributed by atoms with Gasteiger partial charge in [-0.15, -0.1) is 0 Å². The maximum Gasteiger partial charge on any atom is 0.0470 e. The van der Waals surface area contributed by atoms with Gasteiger partial charge in [-0.2, -0.15) is 0 Å². The van der Waals surface area contributed by atoms with Gasteiger partial charge in [0.2, 0.25) is 0 Å². The molecule has 0 amide bonds. The highest BCUT2D eigenvalue weighted by molar-refractivity contribution is 5.24. The van der Waals surface area contributed by atoms with Gasteiger partial charge in [-0.25, -0.2) is 0 Å². The normalized spacial score (nSPS) is 16.5. The van der Waals surface area contributed by atoms with Crippen molar-refractivity contribution >= 4 is 0 Å². The number of hydrogen-bond donors (Lipinski definition) is 1. The summed E-state index contributed by atoms with van der Waals surface area (Å²) in [5, 5.41) is 3.45. The predicted molar refractivity (Wildman–Crippen MR) is 79.2 cm³/mol. The van der Waals surface area contributed by atoms with E-state index in [-0.39, 0.29) is 0 Å². The van der Waals surface area contributed by atoms with Crippen LogP contribution in [0.5, 0.6) is 0 Å². The summed E-state index contributed by atoms with van der Waals surface area (Å²) in [7, 11) is 2.07. The lowest BCUT2D eigenvalue weighted by atomic mass is 10.1. The van der Waals surface area contributed by atoms with Crippen molar-refractivity contribution in [3.05, 3.63) is 59.4 Å². The second-order valence-electron chi connectivity index (χ2n) is 5.71. The third-order valence-corrected chi connectivity index (χ3v) is 3.98. The number of benzene rings is 1. The molecule has 1 aromatic carbocycles. The average Bonchev–Trinajstić information content (AvgIpc) is 3.12. The fraction of sp³-hybridized carbons (Fsp3) is 0.412. The second kappa shape index (κ2) is 5.22. The minimum absolute atomic E-state index is 0.541. The Labute approximate surface area is 115 Å². The summed E-state index contributed by atoms with van der Waals surface area (Å²) in [4.78, 5) is 0. The SMILES string of the molecule is CNC(c1ccn(Cc2cccc(C)c2)c1)C1CC1. The van der Waals surface area contributed by atoms with E-state index in [0.717, 1.165) is 12.5 Å². The molecule has 3 rings (SSSR count). The number of nitrogens with one attached hydrogen (secondary N) is 1. The smallest absolute Gasteiger partial charge is 0.0470 e. The van der Waals surface area contributed by atoms with Gasteiger partial charge in [-0.3, -0.25) is 0 Å². The van der Waals surface area contributed by atoms with Crippen LogP contribution >= 0.6 is 0 Å². The lowest BCUT2D eigenvalue weighted by molar-refractivity contribution is 0.528. The zero-order chi connectivity index (χ0) is 13.2. The largest absolute Gasteiger partial charge is 0.350 e. The molecule has 1 N–H and O–H groups in total. The molecule has 1 unspecified atom stereocenters. The summed E-state index contributed by atoms with van der Waals surface area (Å²) in [5.74, 6) is 0.847. The van der Waals surface area contributed by atoms with E-state index in [9.17, 15) is 0 Å². The van der Waals surface area contributed by atoms with Crippen molar-refractivity contribution in [2.75, 3.05) is 7.05 Å².